The maximum Gasteiger partial charge on any atom is 0.258 e. The van der Waals surface area contributed by atoms with Gasteiger partial charge in [0, 0.05) is 36.4 Å². The molecule has 7 nitrogen and oxygen atoms in total. The van der Waals surface area contributed by atoms with E-state index in [1.807, 2.05) is 43.3 Å². The molecule has 2 N–H and O–H groups in total. The summed E-state index contributed by atoms with van der Waals surface area (Å²) in [6.45, 7) is 4.22. The van der Waals surface area contributed by atoms with E-state index in [4.69, 9.17) is 4.74 Å². The predicted octanol–water partition coefficient (Wildman–Crippen LogP) is 5.38. The molecule has 3 unspecified atom stereocenters. The summed E-state index contributed by atoms with van der Waals surface area (Å²) in [5.41, 5.74) is 5.42. The molecule has 0 saturated carbocycles. The van der Waals surface area contributed by atoms with Crippen LogP contribution in [0.25, 0.3) is 0 Å². The third-order valence-electron chi connectivity index (χ3n) is 8.08. The van der Waals surface area contributed by atoms with Crippen LogP contribution in [0.3, 0.4) is 0 Å². The number of ether oxygens (including phenoxy) is 1. The number of hydrogen-bond donors (Lipinski definition) is 2. The summed E-state index contributed by atoms with van der Waals surface area (Å²) >= 11 is 0. The number of aliphatic hydroxyl groups is 1. The van der Waals surface area contributed by atoms with Crippen molar-refractivity contribution in [2.24, 2.45) is 0 Å². The van der Waals surface area contributed by atoms with Gasteiger partial charge in [-0.1, -0.05) is 60.7 Å². The van der Waals surface area contributed by atoms with Crippen molar-refractivity contribution < 1.29 is 19.7 Å². The van der Waals surface area contributed by atoms with E-state index in [1.54, 1.807) is 17.0 Å². The molecule has 0 spiro atoms. The molecule has 7 heteroatoms. The van der Waals surface area contributed by atoms with Gasteiger partial charge in [0.1, 0.15) is 0 Å². The van der Waals surface area contributed by atoms with Gasteiger partial charge in [-0.2, -0.15) is 0 Å². The van der Waals surface area contributed by atoms with E-state index in [-0.39, 0.29) is 17.7 Å². The van der Waals surface area contributed by atoms with E-state index >= 15 is 0 Å². The molecule has 0 fully saturated rings. The largest absolute Gasteiger partial charge is 0.504 e. The molecule has 4 aromatic rings. The number of phenols is 1. The number of amides is 1. The summed E-state index contributed by atoms with van der Waals surface area (Å²) in [5.74, 6) is -0.0907. The highest BCUT2D eigenvalue weighted by Crippen LogP contribution is 2.46. The summed E-state index contributed by atoms with van der Waals surface area (Å²) in [6.07, 6.45) is -0.848. The van der Waals surface area contributed by atoms with Gasteiger partial charge in [-0.3, -0.25) is 4.79 Å². The number of carbonyl (C=O) groups is 1. The fourth-order valence-electron chi connectivity index (χ4n) is 6.09. The van der Waals surface area contributed by atoms with Gasteiger partial charge in [-0.15, -0.1) is 0 Å². The van der Waals surface area contributed by atoms with E-state index in [1.165, 1.54) is 18.7 Å². The maximum absolute atomic E-state index is 13.8. The van der Waals surface area contributed by atoms with Crippen LogP contribution in [0.1, 0.15) is 34.5 Å². The molecule has 1 amide bonds. The highest BCUT2D eigenvalue weighted by Gasteiger charge is 2.44. The van der Waals surface area contributed by atoms with Crippen LogP contribution < -0.4 is 19.4 Å². The average molecular weight is 536 g/mol. The predicted molar refractivity (Wildman–Crippen MR) is 157 cm³/mol. The second-order valence-corrected chi connectivity index (χ2v) is 10.4. The first kappa shape index (κ1) is 25.8. The van der Waals surface area contributed by atoms with Crippen molar-refractivity contribution in [2.45, 2.75) is 31.7 Å². The van der Waals surface area contributed by atoms with Crippen molar-refractivity contribution in [1.29, 1.82) is 0 Å². The molecule has 6 rings (SSSR count). The minimum absolute atomic E-state index is 0.102. The van der Waals surface area contributed by atoms with Gasteiger partial charge in [0.15, 0.2) is 11.5 Å². The Morgan fingerprint density at radius 3 is 2.27 bits per heavy atom. The molecule has 4 aromatic carbocycles. The highest BCUT2D eigenvalue weighted by molar-refractivity contribution is 6.08. The molecule has 0 radical (unpaired) electrons. The summed E-state index contributed by atoms with van der Waals surface area (Å²) < 4.78 is 5.15. The fraction of sp³-hybridized carbons (Fsp3) is 0.242. The molecule has 204 valence electrons. The van der Waals surface area contributed by atoms with E-state index < -0.39 is 12.1 Å². The number of aromatic hydroxyl groups is 1. The van der Waals surface area contributed by atoms with Crippen LogP contribution in [-0.4, -0.2) is 48.5 Å². The summed E-state index contributed by atoms with van der Waals surface area (Å²) in [4.78, 5) is 20.1. The normalized spacial score (nSPS) is 20.1. The lowest BCUT2D eigenvalue weighted by Gasteiger charge is -2.50. The number of nitrogens with zero attached hydrogens (tertiary/aromatic N) is 3. The Morgan fingerprint density at radius 1 is 0.875 bits per heavy atom. The minimum atomic E-state index is -0.848. The van der Waals surface area contributed by atoms with Gasteiger partial charge in [-0.25, -0.2) is 0 Å². The second-order valence-electron chi connectivity index (χ2n) is 10.4. The van der Waals surface area contributed by atoms with Crippen LogP contribution in [0.5, 0.6) is 11.5 Å². The monoisotopic (exact) mass is 535 g/mol. The quantitative estimate of drug-likeness (QED) is 0.358. The van der Waals surface area contributed by atoms with Gasteiger partial charge < -0.3 is 29.6 Å². The number of methoxy groups -OCH3 is 1. The van der Waals surface area contributed by atoms with Crippen LogP contribution in [0.4, 0.5) is 17.1 Å². The number of benzene rings is 4. The Hall–Kier alpha value is -4.49. The minimum Gasteiger partial charge on any atom is -0.504 e. The van der Waals surface area contributed by atoms with Crippen molar-refractivity contribution in [3.8, 4) is 11.5 Å². The Bertz CT molecular complexity index is 1530. The standard InChI is InChI=1S/C33H33N3O4/c1-22-32(38)31(35-19-18-34(21-23-10-4-3-5-11-23)27-14-8-9-15-28(27)35)25-12-6-7-13-26(25)36(22)33(39)24-16-17-30(40-2)29(37)20-24/h3-17,20,22,31-32,37-38H,18-19,21H2,1-2H3. The number of hydrogen-bond acceptors (Lipinski definition) is 6. The molecule has 0 saturated heterocycles. The van der Waals surface area contributed by atoms with Crippen LogP contribution >= 0.6 is 0 Å². The Balaban J connectivity index is 1.37. The number of aliphatic hydroxyl groups excluding tert-OH is 1. The van der Waals surface area contributed by atoms with Gasteiger partial charge >= 0.3 is 0 Å². The number of para-hydroxylation sites is 3. The van der Waals surface area contributed by atoms with Crippen LogP contribution in [0.2, 0.25) is 0 Å². The maximum atomic E-state index is 13.8. The molecule has 2 heterocycles. The third kappa shape index (κ3) is 4.42. The van der Waals surface area contributed by atoms with Crippen molar-refractivity contribution in [3.63, 3.8) is 0 Å². The van der Waals surface area contributed by atoms with Gasteiger partial charge in [0.25, 0.3) is 5.91 Å². The molecular weight excluding hydrogens is 502 g/mol. The van der Waals surface area contributed by atoms with Crippen molar-refractivity contribution in [2.75, 3.05) is 34.9 Å². The van der Waals surface area contributed by atoms with Crippen molar-refractivity contribution >= 4 is 23.0 Å². The molecule has 0 aromatic heterocycles. The smallest absolute Gasteiger partial charge is 0.258 e. The Kier molecular flexibility index (Phi) is 6.82. The van der Waals surface area contributed by atoms with Crippen LogP contribution in [0.15, 0.2) is 97.1 Å². The molecule has 2 aliphatic heterocycles. The van der Waals surface area contributed by atoms with Gasteiger partial charge in [0.2, 0.25) is 0 Å². The fourth-order valence-corrected chi connectivity index (χ4v) is 6.09. The SMILES string of the molecule is COc1ccc(C(=O)N2c3ccccc3C(N3CCN(Cc4ccccc4)c4ccccc43)C(O)C2C)cc1O. The van der Waals surface area contributed by atoms with Crippen LogP contribution in [0, 0.1) is 0 Å². The number of anilines is 3. The highest BCUT2D eigenvalue weighted by atomic mass is 16.5. The molecule has 40 heavy (non-hydrogen) atoms. The third-order valence-corrected chi connectivity index (χ3v) is 8.08. The number of phenolic OH excluding ortho intramolecular Hbond substituents is 1. The lowest BCUT2D eigenvalue weighted by atomic mass is 9.86. The van der Waals surface area contributed by atoms with Gasteiger partial charge in [0.05, 0.1) is 36.7 Å². The first-order valence-electron chi connectivity index (χ1n) is 13.6. The number of carbonyl (C=O) groups excluding carboxylic acids is 1. The lowest BCUT2D eigenvalue weighted by Crippen LogP contribution is -2.56. The van der Waals surface area contributed by atoms with E-state index in [0.29, 0.717) is 11.3 Å². The zero-order chi connectivity index (χ0) is 27.8. The zero-order valence-corrected chi connectivity index (χ0v) is 22.6. The first-order valence-corrected chi connectivity index (χ1v) is 13.6. The molecular formula is C33H33N3O4. The van der Waals surface area contributed by atoms with Gasteiger partial charge in [-0.05, 0) is 48.9 Å². The summed E-state index contributed by atoms with van der Waals surface area (Å²) in [6, 6.07) is 30.4. The van der Waals surface area contributed by atoms with E-state index in [2.05, 4.69) is 52.3 Å². The lowest BCUT2D eigenvalue weighted by molar-refractivity contribution is 0.0836. The molecule has 0 aliphatic carbocycles. The number of fused-ring (bicyclic) bond motifs is 2. The summed E-state index contributed by atoms with van der Waals surface area (Å²) in [7, 11) is 1.47. The van der Waals surface area contributed by atoms with Crippen LogP contribution in [-0.2, 0) is 6.54 Å². The molecule has 3 atom stereocenters. The second kappa shape index (κ2) is 10.6. The number of rotatable bonds is 5. The Morgan fingerprint density at radius 2 is 1.55 bits per heavy atom. The zero-order valence-electron chi connectivity index (χ0n) is 22.6. The Labute approximate surface area is 234 Å². The van der Waals surface area contributed by atoms with Crippen molar-refractivity contribution in [1.82, 2.24) is 0 Å². The van der Waals surface area contributed by atoms with Crippen molar-refractivity contribution in [3.05, 3.63) is 114 Å². The van der Waals surface area contributed by atoms with E-state index in [9.17, 15) is 15.0 Å². The molecule has 2 aliphatic rings. The first-order chi connectivity index (χ1) is 19.5. The summed E-state index contributed by atoms with van der Waals surface area (Å²) in [5, 5.41) is 22.2. The van der Waals surface area contributed by atoms with E-state index in [0.717, 1.165) is 42.3 Å². The molecule has 0 bridgehead atoms. The topological polar surface area (TPSA) is 76.5 Å². The average Bonchev–Trinajstić information content (AvgIpc) is 2.99.